The quantitative estimate of drug-likeness (QED) is 0.687. The molecule has 0 aliphatic heterocycles. The summed E-state index contributed by atoms with van der Waals surface area (Å²) in [7, 11) is 0. The third kappa shape index (κ3) is 2.84. The van der Waals surface area contributed by atoms with E-state index in [2.05, 4.69) is 52.2 Å². The van der Waals surface area contributed by atoms with Gasteiger partial charge in [0.05, 0.1) is 27.5 Å². The minimum atomic E-state index is 0.106. The Morgan fingerprint density at radius 2 is 1.71 bits per heavy atom. The van der Waals surface area contributed by atoms with Crippen LogP contribution in [-0.4, -0.2) is 8.75 Å². The van der Waals surface area contributed by atoms with E-state index in [-0.39, 0.29) is 6.04 Å². The van der Waals surface area contributed by atoms with Crippen LogP contribution in [0.15, 0.2) is 30.3 Å². The number of aromatic nitrogens is 2. The van der Waals surface area contributed by atoms with Crippen molar-refractivity contribution in [3.63, 3.8) is 0 Å². The van der Waals surface area contributed by atoms with Crippen LogP contribution in [0.2, 0.25) is 10.0 Å². The van der Waals surface area contributed by atoms with Crippen LogP contribution in [0.5, 0.6) is 0 Å². The van der Waals surface area contributed by atoms with Crippen LogP contribution in [0.1, 0.15) is 24.1 Å². The maximum atomic E-state index is 6.31. The monoisotopic (exact) mass is 337 g/mol. The molecule has 1 N–H and O–H groups in total. The second kappa shape index (κ2) is 5.79. The standard InChI is InChI=1S/C15H13Cl2N3S/c1-8-3-5-10(6-4-8)9(2)18-13-11(16)7-12(17)14-15(13)20-21-19-14/h3-7,9,18H,1-2H3. The molecule has 0 fully saturated rings. The maximum absolute atomic E-state index is 6.31. The molecule has 0 bridgehead atoms. The summed E-state index contributed by atoms with van der Waals surface area (Å²) in [5, 5.41) is 4.50. The largest absolute Gasteiger partial charge is 0.375 e. The van der Waals surface area contributed by atoms with Gasteiger partial charge in [-0.15, -0.1) is 0 Å². The van der Waals surface area contributed by atoms with E-state index in [1.54, 1.807) is 6.07 Å². The first-order valence-electron chi connectivity index (χ1n) is 6.49. The number of fused-ring (bicyclic) bond motifs is 1. The Bertz CT molecular complexity index is 783. The SMILES string of the molecule is Cc1ccc(C(C)Nc2c(Cl)cc(Cl)c3nsnc23)cc1. The van der Waals surface area contributed by atoms with E-state index < -0.39 is 0 Å². The molecule has 1 unspecified atom stereocenters. The van der Waals surface area contributed by atoms with E-state index in [1.165, 1.54) is 11.1 Å². The molecule has 6 heteroatoms. The van der Waals surface area contributed by atoms with Gasteiger partial charge < -0.3 is 5.32 Å². The van der Waals surface area contributed by atoms with Crippen molar-refractivity contribution in [3.8, 4) is 0 Å². The Kier molecular flexibility index (Phi) is 4.02. The summed E-state index contributed by atoms with van der Waals surface area (Å²) in [4.78, 5) is 0. The molecule has 0 spiro atoms. The van der Waals surface area contributed by atoms with E-state index in [4.69, 9.17) is 23.2 Å². The lowest BCUT2D eigenvalue weighted by atomic mass is 10.1. The fourth-order valence-corrected chi connectivity index (χ4v) is 3.33. The molecule has 1 aromatic heterocycles. The second-order valence-electron chi connectivity index (χ2n) is 4.95. The summed E-state index contributed by atoms with van der Waals surface area (Å²) in [6, 6.07) is 10.2. The van der Waals surface area contributed by atoms with Crippen molar-refractivity contribution in [3.05, 3.63) is 51.5 Å². The van der Waals surface area contributed by atoms with E-state index in [0.717, 1.165) is 22.9 Å². The van der Waals surface area contributed by atoms with Crippen LogP contribution in [0, 0.1) is 6.92 Å². The number of aryl methyl sites for hydroxylation is 1. The van der Waals surface area contributed by atoms with Crippen molar-refractivity contribution >= 4 is 51.7 Å². The zero-order valence-corrected chi connectivity index (χ0v) is 13.9. The van der Waals surface area contributed by atoms with Gasteiger partial charge in [-0.2, -0.15) is 8.75 Å². The average molecular weight is 338 g/mol. The Hall–Kier alpha value is -1.36. The van der Waals surface area contributed by atoms with Gasteiger partial charge in [0.25, 0.3) is 0 Å². The van der Waals surface area contributed by atoms with Crippen LogP contribution < -0.4 is 5.32 Å². The molecule has 3 rings (SSSR count). The van der Waals surface area contributed by atoms with Crippen molar-refractivity contribution in [1.29, 1.82) is 0 Å². The minimum Gasteiger partial charge on any atom is -0.375 e. The Morgan fingerprint density at radius 1 is 1.05 bits per heavy atom. The number of benzene rings is 2. The van der Waals surface area contributed by atoms with Crippen LogP contribution in [-0.2, 0) is 0 Å². The minimum absolute atomic E-state index is 0.106. The van der Waals surface area contributed by atoms with Crippen LogP contribution in [0.4, 0.5) is 5.69 Å². The predicted octanol–water partition coefficient (Wildman–Crippen LogP) is 5.48. The third-order valence-corrected chi connectivity index (χ3v) is 4.50. The number of rotatable bonds is 3. The summed E-state index contributed by atoms with van der Waals surface area (Å²) in [6.45, 7) is 4.16. The molecule has 3 aromatic rings. The first-order chi connectivity index (χ1) is 10.1. The molecule has 108 valence electrons. The number of anilines is 1. The van der Waals surface area contributed by atoms with Crippen molar-refractivity contribution in [2.45, 2.75) is 19.9 Å². The zero-order chi connectivity index (χ0) is 15.0. The van der Waals surface area contributed by atoms with Gasteiger partial charge >= 0.3 is 0 Å². The molecular weight excluding hydrogens is 325 g/mol. The van der Waals surface area contributed by atoms with Crippen LogP contribution in [0.25, 0.3) is 11.0 Å². The lowest BCUT2D eigenvalue weighted by Crippen LogP contribution is -2.07. The van der Waals surface area contributed by atoms with Crippen molar-refractivity contribution < 1.29 is 0 Å². The van der Waals surface area contributed by atoms with E-state index in [0.29, 0.717) is 15.6 Å². The third-order valence-electron chi connectivity index (χ3n) is 3.38. The molecule has 0 aliphatic carbocycles. The number of hydrogen-bond acceptors (Lipinski definition) is 4. The summed E-state index contributed by atoms with van der Waals surface area (Å²) < 4.78 is 8.51. The summed E-state index contributed by atoms with van der Waals surface area (Å²) in [5.74, 6) is 0. The van der Waals surface area contributed by atoms with Crippen molar-refractivity contribution in [1.82, 2.24) is 8.75 Å². The number of hydrogen-bond donors (Lipinski definition) is 1. The van der Waals surface area contributed by atoms with Gasteiger partial charge in [0.2, 0.25) is 0 Å². The smallest absolute Gasteiger partial charge is 0.130 e. The fourth-order valence-electron chi connectivity index (χ4n) is 2.17. The van der Waals surface area contributed by atoms with Gasteiger partial charge in [0.15, 0.2) is 0 Å². The molecule has 3 nitrogen and oxygen atoms in total. The van der Waals surface area contributed by atoms with E-state index in [9.17, 15) is 0 Å². The average Bonchev–Trinajstić information content (AvgIpc) is 2.93. The predicted molar refractivity (Wildman–Crippen MR) is 90.7 cm³/mol. The normalized spacial score (nSPS) is 12.6. The van der Waals surface area contributed by atoms with Crippen molar-refractivity contribution in [2.24, 2.45) is 0 Å². The highest BCUT2D eigenvalue weighted by Crippen LogP contribution is 2.37. The first-order valence-corrected chi connectivity index (χ1v) is 7.98. The highest BCUT2D eigenvalue weighted by molar-refractivity contribution is 7.00. The van der Waals surface area contributed by atoms with Crippen molar-refractivity contribution in [2.75, 3.05) is 5.32 Å². The topological polar surface area (TPSA) is 37.8 Å². The molecule has 1 heterocycles. The molecule has 0 aliphatic rings. The molecule has 0 saturated carbocycles. The molecule has 21 heavy (non-hydrogen) atoms. The van der Waals surface area contributed by atoms with Gasteiger partial charge in [0.1, 0.15) is 11.0 Å². The summed E-state index contributed by atoms with van der Waals surface area (Å²) >= 11 is 13.6. The highest BCUT2D eigenvalue weighted by Gasteiger charge is 2.16. The Labute approximate surface area is 137 Å². The van der Waals surface area contributed by atoms with Crippen LogP contribution >= 0.6 is 34.9 Å². The molecule has 1 atom stereocenters. The van der Waals surface area contributed by atoms with E-state index in [1.807, 2.05) is 0 Å². The van der Waals surface area contributed by atoms with Gasteiger partial charge in [-0.3, -0.25) is 0 Å². The fraction of sp³-hybridized carbons (Fsp3) is 0.200. The molecule has 0 saturated heterocycles. The zero-order valence-electron chi connectivity index (χ0n) is 11.5. The molecule has 0 amide bonds. The van der Waals surface area contributed by atoms with Gasteiger partial charge in [-0.05, 0) is 25.5 Å². The highest BCUT2D eigenvalue weighted by atomic mass is 35.5. The summed E-state index contributed by atoms with van der Waals surface area (Å²) in [5.41, 5.74) is 4.60. The number of nitrogens with zero attached hydrogens (tertiary/aromatic N) is 2. The Morgan fingerprint density at radius 3 is 2.43 bits per heavy atom. The van der Waals surface area contributed by atoms with E-state index >= 15 is 0 Å². The lowest BCUT2D eigenvalue weighted by Gasteiger charge is -2.17. The van der Waals surface area contributed by atoms with Gasteiger partial charge in [-0.25, -0.2) is 0 Å². The summed E-state index contributed by atoms with van der Waals surface area (Å²) in [6.07, 6.45) is 0. The number of halogens is 2. The number of nitrogens with one attached hydrogen (secondary N) is 1. The molecule has 2 aromatic carbocycles. The first kappa shape index (κ1) is 14.6. The van der Waals surface area contributed by atoms with Crippen LogP contribution in [0.3, 0.4) is 0 Å². The molecular formula is C15H13Cl2N3S. The maximum Gasteiger partial charge on any atom is 0.130 e. The lowest BCUT2D eigenvalue weighted by molar-refractivity contribution is 0.885. The van der Waals surface area contributed by atoms with Gasteiger partial charge in [-0.1, -0.05) is 53.0 Å². The van der Waals surface area contributed by atoms with Gasteiger partial charge in [0, 0.05) is 6.04 Å². The second-order valence-corrected chi connectivity index (χ2v) is 6.30. The molecule has 0 radical (unpaired) electrons. The Balaban J connectivity index is 1.98.